The highest BCUT2D eigenvalue weighted by Crippen LogP contribution is 2.11. The first kappa shape index (κ1) is 14.6. The maximum atomic E-state index is 12.1. The maximum absolute atomic E-state index is 12.1. The van der Waals surface area contributed by atoms with E-state index in [1.54, 1.807) is 17.0 Å². The van der Waals surface area contributed by atoms with Crippen LogP contribution in [-0.4, -0.2) is 60.4 Å². The minimum atomic E-state index is -0.157. The molecule has 110 valence electrons. The third kappa shape index (κ3) is 3.19. The van der Waals surface area contributed by atoms with Gasteiger partial charge in [-0.15, -0.1) is 0 Å². The van der Waals surface area contributed by atoms with Crippen molar-refractivity contribution < 1.29 is 14.0 Å². The number of nitrogens with zero attached hydrogens (tertiary/aromatic N) is 2. The third-order valence-electron chi connectivity index (χ3n) is 3.61. The van der Waals surface area contributed by atoms with Gasteiger partial charge in [-0.05, 0) is 26.0 Å². The Bertz CT molecular complexity index is 450. The standard InChI is InChI=1S/C14H21N3O3/c1-3-15-13(18)11(2)16-6-8-17(9-7-16)14(19)12-5-4-10-20-12/h4-5,10-11H,3,6-9H2,1-2H3,(H,15,18)/t11-/m0/s1. The van der Waals surface area contributed by atoms with E-state index in [1.165, 1.54) is 6.26 Å². The summed E-state index contributed by atoms with van der Waals surface area (Å²) in [5, 5.41) is 2.82. The van der Waals surface area contributed by atoms with Gasteiger partial charge in [-0.2, -0.15) is 0 Å². The molecule has 1 atom stereocenters. The lowest BCUT2D eigenvalue weighted by molar-refractivity contribution is -0.126. The second-order valence-electron chi connectivity index (χ2n) is 4.88. The number of nitrogens with one attached hydrogen (secondary N) is 1. The van der Waals surface area contributed by atoms with Gasteiger partial charge < -0.3 is 14.6 Å². The minimum Gasteiger partial charge on any atom is -0.459 e. The molecule has 1 aliphatic rings. The molecule has 2 heterocycles. The second kappa shape index (κ2) is 6.56. The molecule has 2 amide bonds. The van der Waals surface area contributed by atoms with E-state index in [-0.39, 0.29) is 17.9 Å². The van der Waals surface area contributed by atoms with Crippen LogP contribution in [-0.2, 0) is 4.79 Å². The van der Waals surface area contributed by atoms with Crippen molar-refractivity contribution in [1.82, 2.24) is 15.1 Å². The highest BCUT2D eigenvalue weighted by molar-refractivity contribution is 5.91. The zero-order valence-electron chi connectivity index (χ0n) is 12.0. The summed E-state index contributed by atoms with van der Waals surface area (Å²) in [5.41, 5.74) is 0. The quantitative estimate of drug-likeness (QED) is 0.874. The zero-order valence-corrected chi connectivity index (χ0v) is 12.0. The van der Waals surface area contributed by atoms with Crippen molar-refractivity contribution in [3.8, 4) is 0 Å². The summed E-state index contributed by atoms with van der Waals surface area (Å²) in [7, 11) is 0. The third-order valence-corrected chi connectivity index (χ3v) is 3.61. The molecule has 1 aliphatic heterocycles. The molecule has 0 bridgehead atoms. The number of likely N-dealkylation sites (N-methyl/N-ethyl adjacent to an activating group) is 1. The molecule has 1 fully saturated rings. The average Bonchev–Trinajstić information content (AvgIpc) is 3.00. The molecule has 0 aliphatic carbocycles. The van der Waals surface area contributed by atoms with Gasteiger partial charge in [0.25, 0.3) is 5.91 Å². The summed E-state index contributed by atoms with van der Waals surface area (Å²) in [4.78, 5) is 27.8. The van der Waals surface area contributed by atoms with Crippen LogP contribution < -0.4 is 5.32 Å². The Hall–Kier alpha value is -1.82. The number of hydrogen-bond acceptors (Lipinski definition) is 4. The zero-order chi connectivity index (χ0) is 14.5. The average molecular weight is 279 g/mol. The lowest BCUT2D eigenvalue weighted by Crippen LogP contribution is -2.54. The summed E-state index contributed by atoms with van der Waals surface area (Å²) in [5.74, 6) is 0.328. The summed E-state index contributed by atoms with van der Waals surface area (Å²) in [6.45, 7) is 7.07. The normalized spacial score (nSPS) is 17.8. The first-order chi connectivity index (χ1) is 9.63. The molecule has 1 aromatic heterocycles. The van der Waals surface area contributed by atoms with Crippen molar-refractivity contribution in [2.24, 2.45) is 0 Å². The number of rotatable bonds is 4. The Balaban J connectivity index is 1.86. The van der Waals surface area contributed by atoms with Crippen LogP contribution in [0.25, 0.3) is 0 Å². The topological polar surface area (TPSA) is 65.8 Å². The molecule has 0 saturated carbocycles. The van der Waals surface area contributed by atoms with Crippen LogP contribution in [0, 0.1) is 0 Å². The molecule has 0 radical (unpaired) electrons. The van der Waals surface area contributed by atoms with Crippen LogP contribution in [0.5, 0.6) is 0 Å². The van der Waals surface area contributed by atoms with E-state index in [2.05, 4.69) is 10.2 Å². The molecule has 6 nitrogen and oxygen atoms in total. The van der Waals surface area contributed by atoms with Crippen molar-refractivity contribution in [2.45, 2.75) is 19.9 Å². The van der Waals surface area contributed by atoms with E-state index in [9.17, 15) is 9.59 Å². The van der Waals surface area contributed by atoms with Crippen molar-refractivity contribution >= 4 is 11.8 Å². The van der Waals surface area contributed by atoms with Gasteiger partial charge in [0, 0.05) is 32.7 Å². The van der Waals surface area contributed by atoms with Gasteiger partial charge in [0.05, 0.1) is 12.3 Å². The van der Waals surface area contributed by atoms with E-state index < -0.39 is 0 Å². The number of hydrogen-bond donors (Lipinski definition) is 1. The van der Waals surface area contributed by atoms with Gasteiger partial charge in [-0.25, -0.2) is 0 Å². The molecule has 0 unspecified atom stereocenters. The number of carbonyl (C=O) groups is 2. The van der Waals surface area contributed by atoms with Crippen molar-refractivity contribution in [1.29, 1.82) is 0 Å². The van der Waals surface area contributed by atoms with Gasteiger partial charge in [0.2, 0.25) is 5.91 Å². The maximum Gasteiger partial charge on any atom is 0.289 e. The van der Waals surface area contributed by atoms with E-state index in [4.69, 9.17) is 4.42 Å². The first-order valence-corrected chi connectivity index (χ1v) is 6.98. The number of carbonyl (C=O) groups excluding carboxylic acids is 2. The lowest BCUT2D eigenvalue weighted by atomic mass is 10.2. The molecular formula is C14H21N3O3. The Morgan fingerprint density at radius 2 is 2.05 bits per heavy atom. The number of piperazine rings is 1. The molecule has 0 spiro atoms. The monoisotopic (exact) mass is 279 g/mol. The highest BCUT2D eigenvalue weighted by atomic mass is 16.3. The van der Waals surface area contributed by atoms with E-state index >= 15 is 0 Å². The van der Waals surface area contributed by atoms with Gasteiger partial charge in [0.1, 0.15) is 0 Å². The van der Waals surface area contributed by atoms with Gasteiger partial charge in [-0.1, -0.05) is 0 Å². The van der Waals surface area contributed by atoms with Crippen LogP contribution in [0.3, 0.4) is 0 Å². The van der Waals surface area contributed by atoms with Crippen LogP contribution in [0.1, 0.15) is 24.4 Å². The van der Waals surface area contributed by atoms with Crippen molar-refractivity contribution in [2.75, 3.05) is 32.7 Å². The summed E-state index contributed by atoms with van der Waals surface area (Å²) >= 11 is 0. The molecule has 1 N–H and O–H groups in total. The molecule has 1 saturated heterocycles. The summed E-state index contributed by atoms with van der Waals surface area (Å²) in [6, 6.07) is 3.22. The van der Waals surface area contributed by atoms with Crippen LogP contribution in [0.15, 0.2) is 22.8 Å². The molecule has 1 aromatic rings. The SMILES string of the molecule is CCNC(=O)[C@H](C)N1CCN(C(=O)c2ccco2)CC1. The van der Waals surface area contributed by atoms with E-state index in [0.29, 0.717) is 38.5 Å². The highest BCUT2D eigenvalue weighted by Gasteiger charge is 2.28. The van der Waals surface area contributed by atoms with Crippen LogP contribution in [0.2, 0.25) is 0 Å². The fourth-order valence-electron chi connectivity index (χ4n) is 2.36. The fraction of sp³-hybridized carbons (Fsp3) is 0.571. The van der Waals surface area contributed by atoms with E-state index in [1.807, 2.05) is 13.8 Å². The van der Waals surface area contributed by atoms with Crippen LogP contribution >= 0.6 is 0 Å². The lowest BCUT2D eigenvalue weighted by Gasteiger charge is -2.37. The summed E-state index contributed by atoms with van der Waals surface area (Å²) < 4.78 is 5.12. The van der Waals surface area contributed by atoms with Crippen molar-refractivity contribution in [3.63, 3.8) is 0 Å². The smallest absolute Gasteiger partial charge is 0.289 e. The Kier molecular flexibility index (Phi) is 4.79. The number of amides is 2. The Morgan fingerprint density at radius 1 is 1.35 bits per heavy atom. The van der Waals surface area contributed by atoms with Gasteiger partial charge in [-0.3, -0.25) is 14.5 Å². The Morgan fingerprint density at radius 3 is 2.60 bits per heavy atom. The largest absolute Gasteiger partial charge is 0.459 e. The minimum absolute atomic E-state index is 0.0401. The fourth-order valence-corrected chi connectivity index (χ4v) is 2.36. The molecule has 20 heavy (non-hydrogen) atoms. The number of furan rings is 1. The molecule has 2 rings (SSSR count). The predicted octanol–water partition coefficient (Wildman–Crippen LogP) is 0.562. The molecular weight excluding hydrogens is 258 g/mol. The summed E-state index contributed by atoms with van der Waals surface area (Å²) in [6.07, 6.45) is 1.50. The molecule has 6 heteroatoms. The van der Waals surface area contributed by atoms with Crippen molar-refractivity contribution in [3.05, 3.63) is 24.2 Å². The molecule has 0 aromatic carbocycles. The van der Waals surface area contributed by atoms with E-state index in [0.717, 1.165) is 0 Å². The predicted molar refractivity (Wildman–Crippen MR) is 74.3 cm³/mol. The first-order valence-electron chi connectivity index (χ1n) is 6.98. The Labute approximate surface area is 118 Å². The second-order valence-corrected chi connectivity index (χ2v) is 4.88. The van der Waals surface area contributed by atoms with Gasteiger partial charge in [0.15, 0.2) is 5.76 Å². The van der Waals surface area contributed by atoms with Crippen LogP contribution in [0.4, 0.5) is 0 Å². The van der Waals surface area contributed by atoms with Gasteiger partial charge >= 0.3 is 0 Å².